The molecule has 30 nitrogen and oxygen atoms in total. The van der Waals surface area contributed by atoms with Gasteiger partial charge < -0.3 is 72.0 Å². The van der Waals surface area contributed by atoms with Crippen molar-refractivity contribution in [2.24, 2.45) is 0 Å². The number of carbonyl (C=O) groups excluding carboxylic acids is 2. The molecule has 2 aliphatic rings. The molecular weight excluding hydrogens is 1070 g/mol. The van der Waals surface area contributed by atoms with Crippen molar-refractivity contribution in [3.05, 3.63) is 29.8 Å². The van der Waals surface area contributed by atoms with Crippen molar-refractivity contribution >= 4 is 77.3 Å². The molecule has 0 spiro atoms. The average molecular weight is 1150 g/mol. The van der Waals surface area contributed by atoms with Crippen LogP contribution in [0.2, 0.25) is 0 Å². The Hall–Kier alpha value is -7.54. The van der Waals surface area contributed by atoms with Gasteiger partial charge in [0.25, 0.3) is 0 Å². The normalized spacial score (nSPS) is 16.8. The Morgan fingerprint density at radius 3 is 1.68 bits per heavy atom. The van der Waals surface area contributed by atoms with Crippen LogP contribution in [0.5, 0.6) is 0 Å². The molecule has 2 saturated heterocycles. The summed E-state index contributed by atoms with van der Waals surface area (Å²) in [6.45, 7) is 2.94. The molecule has 2 aromatic rings. The maximum absolute atomic E-state index is 12.4. The number of carbonyl (C=O) groups is 9. The van der Waals surface area contributed by atoms with Crippen molar-refractivity contribution in [3.8, 4) is 0 Å². The number of aromatic nitrogens is 3. The van der Waals surface area contributed by atoms with Gasteiger partial charge in [-0.3, -0.25) is 48.4 Å². The molecule has 3 amide bonds. The van der Waals surface area contributed by atoms with Gasteiger partial charge in [0.2, 0.25) is 23.8 Å². The fourth-order valence-electron chi connectivity index (χ4n) is 9.13. The van der Waals surface area contributed by atoms with E-state index in [9.17, 15) is 73.8 Å². The van der Waals surface area contributed by atoms with E-state index in [0.717, 1.165) is 31.2 Å². The van der Waals surface area contributed by atoms with Crippen LogP contribution in [0.1, 0.15) is 82.6 Å². The highest BCUT2D eigenvalue weighted by Crippen LogP contribution is 2.21. The van der Waals surface area contributed by atoms with Gasteiger partial charge in [-0.2, -0.15) is 15.0 Å². The summed E-state index contributed by atoms with van der Waals surface area (Å²) >= 11 is 0. The molecule has 0 radical (unpaired) electrons. The van der Waals surface area contributed by atoms with E-state index in [0.29, 0.717) is 95.5 Å². The molecule has 1 aromatic heterocycles. The number of nitrogens with one attached hydrogen (secondary N) is 5. The van der Waals surface area contributed by atoms with Gasteiger partial charge in [0, 0.05) is 96.6 Å². The van der Waals surface area contributed by atoms with Crippen LogP contribution in [0.15, 0.2) is 24.3 Å². The van der Waals surface area contributed by atoms with E-state index >= 15 is 0 Å². The second kappa shape index (κ2) is 35.9. The summed E-state index contributed by atoms with van der Waals surface area (Å²) in [5.74, 6) is -7.35. The van der Waals surface area contributed by atoms with Gasteiger partial charge in [0.15, 0.2) is 0 Å². The van der Waals surface area contributed by atoms with E-state index in [1.54, 1.807) is 19.6 Å². The van der Waals surface area contributed by atoms with Crippen LogP contribution in [0, 0.1) is 0 Å². The monoisotopic (exact) mass is 1150 g/mol. The summed E-state index contributed by atoms with van der Waals surface area (Å²) in [5, 5.41) is 80.3. The van der Waals surface area contributed by atoms with Crippen molar-refractivity contribution in [1.82, 2.24) is 50.5 Å². The summed E-state index contributed by atoms with van der Waals surface area (Å²) in [6.07, 6.45) is 5.50. The van der Waals surface area contributed by atoms with Gasteiger partial charge in [0.05, 0.1) is 39.4 Å². The number of morpholine rings is 1. The summed E-state index contributed by atoms with van der Waals surface area (Å²) in [7, 11) is 0. The van der Waals surface area contributed by atoms with E-state index in [1.807, 2.05) is 29.2 Å². The lowest BCUT2D eigenvalue weighted by Gasteiger charge is -2.37. The van der Waals surface area contributed by atoms with Crippen LogP contribution in [0.25, 0.3) is 0 Å². The van der Waals surface area contributed by atoms with Gasteiger partial charge in [0.1, 0.15) is 12.1 Å². The van der Waals surface area contributed by atoms with Gasteiger partial charge in [-0.25, -0.2) is 14.4 Å². The second-order valence-electron chi connectivity index (χ2n) is 19.9. The number of aliphatic carboxylic acids is 7. The third-order valence-corrected chi connectivity index (χ3v) is 13.4. The first kappa shape index (κ1) is 66.0. The van der Waals surface area contributed by atoms with Gasteiger partial charge >= 0.3 is 47.8 Å². The first-order valence-corrected chi connectivity index (χ1v) is 27.2. The number of anilines is 4. The number of carboxylic acid groups (broad SMARTS) is 7. The fourth-order valence-corrected chi connectivity index (χ4v) is 9.13. The average Bonchev–Trinajstić information content (AvgIpc) is 3.41. The van der Waals surface area contributed by atoms with Crippen molar-refractivity contribution < 1.29 is 83.6 Å². The van der Waals surface area contributed by atoms with Crippen molar-refractivity contribution in [1.29, 1.82) is 0 Å². The standard InChI is InChI=1S/C51H79N13O17/c65-40(52-17-8-4-5-9-38(46(76)77)55-51(80)56-39(47(78)79)15-16-41(66)67)10-6-2-1-3-7-18-53-48-57-49(59-50(58-48)63-25-27-81-28-26-63)54-36-13-11-35(12-14-36)29-37-30-62(33-44(72)73)22-21-60(31-42(68)69)19-20-61(32-43(70)71)23-24-64(37)34-45(74)75/h11-14,37-39H,1-10,15-34H2,(H,52,65)(H,66,67)(H,68,69)(H,70,71)(H,72,73)(H,74,75)(H,76,77)(H,78,79)(H2,55,56,80)(H2,53,54,57,58,59)/t37?,38-,39-/m0/s1. The lowest BCUT2D eigenvalue weighted by atomic mass is 10.0. The molecule has 81 heavy (non-hydrogen) atoms. The van der Waals surface area contributed by atoms with Gasteiger partial charge in [-0.15, -0.1) is 0 Å². The number of nitrogens with zero attached hydrogens (tertiary/aromatic N) is 8. The number of amides is 3. The summed E-state index contributed by atoms with van der Waals surface area (Å²) < 4.78 is 5.55. The maximum atomic E-state index is 12.4. The number of hydrogen-bond acceptors (Lipinski definition) is 20. The molecule has 2 fully saturated rings. The second-order valence-corrected chi connectivity index (χ2v) is 19.9. The molecule has 2 aliphatic heterocycles. The predicted molar refractivity (Wildman–Crippen MR) is 291 cm³/mol. The lowest BCUT2D eigenvalue weighted by Crippen LogP contribution is -2.53. The number of benzene rings is 1. The van der Waals surface area contributed by atoms with E-state index in [2.05, 4.69) is 31.6 Å². The molecule has 1 aromatic carbocycles. The van der Waals surface area contributed by atoms with E-state index < -0.39 is 72.4 Å². The van der Waals surface area contributed by atoms with Crippen LogP contribution in [-0.2, 0) is 49.5 Å². The van der Waals surface area contributed by atoms with Crippen LogP contribution in [0.4, 0.5) is 28.3 Å². The molecule has 0 aliphatic carbocycles. The van der Waals surface area contributed by atoms with Crippen LogP contribution < -0.4 is 31.5 Å². The number of hydrogen-bond donors (Lipinski definition) is 12. The third-order valence-electron chi connectivity index (χ3n) is 13.4. The number of ether oxygens (including phenoxy) is 1. The topological polar surface area (TPSA) is 419 Å². The highest BCUT2D eigenvalue weighted by molar-refractivity contribution is 5.86. The molecule has 4 rings (SSSR count). The molecule has 450 valence electrons. The molecule has 1 unspecified atom stereocenters. The number of urea groups is 1. The SMILES string of the molecule is O=C(O)CC[C@H](NC(=O)N[C@@H](CCCCCNC(=O)CCCCCCCNc1nc(Nc2ccc(CC3CN(CC(=O)O)CCN(CC(=O)O)CCN(CC(=O)O)CCN3CC(=O)O)cc2)nc(N2CCOCC2)n1)C(=O)O)C(=O)O. The maximum Gasteiger partial charge on any atom is 0.326 e. The Morgan fingerprint density at radius 2 is 1.07 bits per heavy atom. The van der Waals surface area contributed by atoms with Crippen LogP contribution in [0.3, 0.4) is 0 Å². The molecule has 0 saturated carbocycles. The van der Waals surface area contributed by atoms with Gasteiger partial charge in [-0.1, -0.05) is 44.2 Å². The zero-order valence-corrected chi connectivity index (χ0v) is 45.5. The summed E-state index contributed by atoms with van der Waals surface area (Å²) in [5.41, 5.74) is 1.45. The number of unbranched alkanes of at least 4 members (excludes halogenated alkanes) is 6. The molecule has 12 N–H and O–H groups in total. The Bertz CT molecular complexity index is 2370. The van der Waals surface area contributed by atoms with Crippen molar-refractivity contribution in [2.75, 3.05) is 127 Å². The first-order chi connectivity index (χ1) is 38.7. The van der Waals surface area contributed by atoms with Crippen molar-refractivity contribution in [3.63, 3.8) is 0 Å². The lowest BCUT2D eigenvalue weighted by molar-refractivity contribution is -0.142. The zero-order valence-electron chi connectivity index (χ0n) is 45.5. The molecule has 30 heteroatoms. The summed E-state index contributed by atoms with van der Waals surface area (Å²) in [6, 6.07) is 3.01. The smallest absolute Gasteiger partial charge is 0.326 e. The number of carboxylic acids is 7. The molecule has 0 bridgehead atoms. The van der Waals surface area contributed by atoms with Crippen LogP contribution >= 0.6 is 0 Å². The highest BCUT2D eigenvalue weighted by Gasteiger charge is 2.29. The summed E-state index contributed by atoms with van der Waals surface area (Å²) in [4.78, 5) is 129. The third kappa shape index (κ3) is 27.5. The van der Waals surface area contributed by atoms with E-state index in [4.69, 9.17) is 19.8 Å². The number of rotatable bonds is 35. The van der Waals surface area contributed by atoms with Crippen LogP contribution in [-0.4, -0.2) is 254 Å². The highest BCUT2D eigenvalue weighted by atomic mass is 16.5. The van der Waals surface area contributed by atoms with E-state index in [1.165, 1.54) is 0 Å². The fraction of sp³-hybridized carbons (Fsp3) is 0.647. The Labute approximate surface area is 468 Å². The Kier molecular flexibility index (Phi) is 29.3. The Morgan fingerprint density at radius 1 is 0.543 bits per heavy atom. The van der Waals surface area contributed by atoms with Gasteiger partial charge in [-0.05, 0) is 56.2 Å². The molecule has 3 atom stereocenters. The first-order valence-electron chi connectivity index (χ1n) is 27.2. The largest absolute Gasteiger partial charge is 0.481 e. The molecular formula is C51H79N13O17. The molecule has 3 heterocycles. The predicted octanol–water partition coefficient (Wildman–Crippen LogP) is 0.422. The Balaban J connectivity index is 1.26. The quantitative estimate of drug-likeness (QED) is 0.0416. The minimum absolute atomic E-state index is 0.0634. The van der Waals surface area contributed by atoms with Crippen molar-refractivity contribution in [2.45, 2.75) is 102 Å². The van der Waals surface area contributed by atoms with E-state index in [-0.39, 0.29) is 96.7 Å². The zero-order chi connectivity index (χ0) is 59.1. The minimum Gasteiger partial charge on any atom is -0.481 e. The minimum atomic E-state index is -1.50.